The van der Waals surface area contributed by atoms with Crippen LogP contribution >= 0.6 is 0 Å². The fourth-order valence-electron chi connectivity index (χ4n) is 3.32. The molecule has 23 heavy (non-hydrogen) atoms. The Hall–Kier alpha value is -2.16. The highest BCUT2D eigenvalue weighted by atomic mass is 19.1. The lowest BCUT2D eigenvalue weighted by atomic mass is 10.1. The van der Waals surface area contributed by atoms with Gasteiger partial charge in [-0.2, -0.15) is 0 Å². The van der Waals surface area contributed by atoms with Gasteiger partial charge in [0.05, 0.1) is 0 Å². The van der Waals surface area contributed by atoms with E-state index in [1.165, 1.54) is 30.5 Å². The first-order valence-corrected chi connectivity index (χ1v) is 8.34. The highest BCUT2D eigenvalue weighted by molar-refractivity contribution is 5.94. The predicted molar refractivity (Wildman–Crippen MR) is 89.8 cm³/mol. The van der Waals surface area contributed by atoms with Crippen LogP contribution in [0.4, 0.5) is 4.39 Å². The van der Waals surface area contributed by atoms with Crippen molar-refractivity contribution in [1.29, 1.82) is 0 Å². The second kappa shape index (κ2) is 7.40. The number of carbonyl (C=O) groups excluding carboxylic acids is 1. The molecule has 2 aromatic carbocycles. The van der Waals surface area contributed by atoms with Gasteiger partial charge < -0.3 is 4.90 Å². The Labute approximate surface area is 136 Å². The fourth-order valence-corrected chi connectivity index (χ4v) is 3.32. The van der Waals surface area contributed by atoms with Crippen molar-refractivity contribution >= 4 is 5.91 Å². The third-order valence-corrected chi connectivity index (χ3v) is 4.60. The van der Waals surface area contributed by atoms with Crippen LogP contribution in [-0.4, -0.2) is 23.4 Å². The summed E-state index contributed by atoms with van der Waals surface area (Å²) in [6.07, 6.45) is 5.36. The lowest BCUT2D eigenvalue weighted by molar-refractivity contribution is 0.0684. The summed E-state index contributed by atoms with van der Waals surface area (Å²) in [4.78, 5) is 14.9. The Kier molecular flexibility index (Phi) is 5.06. The van der Waals surface area contributed by atoms with Crippen molar-refractivity contribution in [2.24, 2.45) is 0 Å². The molecule has 0 heterocycles. The van der Waals surface area contributed by atoms with Gasteiger partial charge in [-0.05, 0) is 49.1 Å². The monoisotopic (exact) mass is 311 g/mol. The minimum absolute atomic E-state index is 0.0211. The summed E-state index contributed by atoms with van der Waals surface area (Å²) >= 11 is 0. The summed E-state index contributed by atoms with van der Waals surface area (Å²) in [6, 6.07) is 16.4. The Balaban J connectivity index is 1.74. The summed E-state index contributed by atoms with van der Waals surface area (Å²) in [6.45, 7) is 0.713. The number of carbonyl (C=O) groups is 1. The molecular weight excluding hydrogens is 289 g/mol. The molecule has 2 nitrogen and oxygen atoms in total. The number of hydrogen-bond acceptors (Lipinski definition) is 1. The van der Waals surface area contributed by atoms with Crippen molar-refractivity contribution in [1.82, 2.24) is 4.90 Å². The first-order valence-electron chi connectivity index (χ1n) is 8.34. The van der Waals surface area contributed by atoms with Crippen LogP contribution in [0, 0.1) is 5.82 Å². The van der Waals surface area contributed by atoms with E-state index < -0.39 is 0 Å². The predicted octanol–water partition coefficient (Wildman–Crippen LogP) is 4.45. The van der Waals surface area contributed by atoms with Crippen molar-refractivity contribution in [3.63, 3.8) is 0 Å². The molecule has 0 N–H and O–H groups in total. The molecular formula is C20H22FNO. The SMILES string of the molecule is O=C(c1ccc(F)cc1)N(CCc1ccccc1)C1CCCC1. The number of halogens is 1. The number of nitrogens with zero attached hydrogens (tertiary/aromatic N) is 1. The number of amides is 1. The molecule has 1 saturated carbocycles. The Morgan fingerprint density at radius 3 is 2.30 bits per heavy atom. The summed E-state index contributed by atoms with van der Waals surface area (Å²) < 4.78 is 13.1. The zero-order chi connectivity index (χ0) is 16.1. The molecule has 0 bridgehead atoms. The molecule has 0 radical (unpaired) electrons. The van der Waals surface area contributed by atoms with E-state index in [2.05, 4.69) is 12.1 Å². The molecule has 1 amide bonds. The lowest BCUT2D eigenvalue weighted by Crippen LogP contribution is -2.40. The van der Waals surface area contributed by atoms with Crippen LogP contribution in [0.15, 0.2) is 54.6 Å². The molecule has 0 aromatic heterocycles. The molecule has 0 saturated heterocycles. The zero-order valence-electron chi connectivity index (χ0n) is 13.2. The van der Waals surface area contributed by atoms with E-state index in [1.54, 1.807) is 12.1 Å². The van der Waals surface area contributed by atoms with Gasteiger partial charge in [0.25, 0.3) is 5.91 Å². The molecule has 3 heteroatoms. The van der Waals surface area contributed by atoms with Crippen LogP contribution in [-0.2, 0) is 6.42 Å². The van der Waals surface area contributed by atoms with E-state index in [-0.39, 0.29) is 11.7 Å². The molecule has 0 atom stereocenters. The van der Waals surface area contributed by atoms with E-state index in [1.807, 2.05) is 23.1 Å². The lowest BCUT2D eigenvalue weighted by Gasteiger charge is -2.29. The maximum absolute atomic E-state index is 13.1. The Bertz CT molecular complexity index is 632. The molecule has 0 unspecified atom stereocenters. The summed E-state index contributed by atoms with van der Waals surface area (Å²) in [5.41, 5.74) is 1.81. The van der Waals surface area contributed by atoms with Crippen molar-refractivity contribution in [3.05, 3.63) is 71.5 Å². The van der Waals surface area contributed by atoms with E-state index in [0.29, 0.717) is 18.2 Å². The number of rotatable bonds is 5. The summed E-state index contributed by atoms with van der Waals surface area (Å²) in [5.74, 6) is -0.286. The molecule has 1 aliphatic carbocycles. The van der Waals surface area contributed by atoms with Crippen LogP contribution in [0.3, 0.4) is 0 Å². The maximum Gasteiger partial charge on any atom is 0.254 e. The van der Waals surface area contributed by atoms with E-state index in [9.17, 15) is 9.18 Å². The molecule has 1 aliphatic rings. The smallest absolute Gasteiger partial charge is 0.254 e. The van der Waals surface area contributed by atoms with Gasteiger partial charge in [0.2, 0.25) is 0 Å². The first-order chi connectivity index (χ1) is 11.2. The Morgan fingerprint density at radius 1 is 1.00 bits per heavy atom. The van der Waals surface area contributed by atoms with Crippen LogP contribution in [0.2, 0.25) is 0 Å². The third-order valence-electron chi connectivity index (χ3n) is 4.60. The quantitative estimate of drug-likeness (QED) is 0.798. The zero-order valence-corrected chi connectivity index (χ0v) is 13.2. The maximum atomic E-state index is 13.1. The van der Waals surface area contributed by atoms with Gasteiger partial charge in [0, 0.05) is 18.2 Å². The van der Waals surface area contributed by atoms with Gasteiger partial charge in [0.1, 0.15) is 5.82 Å². The first kappa shape index (κ1) is 15.7. The average Bonchev–Trinajstić information content (AvgIpc) is 3.11. The number of benzene rings is 2. The molecule has 2 aromatic rings. The highest BCUT2D eigenvalue weighted by Gasteiger charge is 2.27. The minimum atomic E-state index is -0.307. The van der Waals surface area contributed by atoms with Gasteiger partial charge in [-0.25, -0.2) is 4.39 Å². The topological polar surface area (TPSA) is 20.3 Å². The van der Waals surface area contributed by atoms with Gasteiger partial charge in [-0.1, -0.05) is 43.2 Å². The Morgan fingerprint density at radius 2 is 1.65 bits per heavy atom. The highest BCUT2D eigenvalue weighted by Crippen LogP contribution is 2.25. The van der Waals surface area contributed by atoms with Gasteiger partial charge in [0.15, 0.2) is 0 Å². The largest absolute Gasteiger partial charge is 0.335 e. The second-order valence-electron chi connectivity index (χ2n) is 6.18. The molecule has 3 rings (SSSR count). The van der Waals surface area contributed by atoms with Gasteiger partial charge in [-0.3, -0.25) is 4.79 Å². The molecule has 1 fully saturated rings. The normalized spacial score (nSPS) is 14.8. The molecule has 120 valence electrons. The van der Waals surface area contributed by atoms with E-state index >= 15 is 0 Å². The van der Waals surface area contributed by atoms with Crippen LogP contribution in [0.5, 0.6) is 0 Å². The van der Waals surface area contributed by atoms with Crippen molar-refractivity contribution in [2.45, 2.75) is 38.1 Å². The number of hydrogen-bond donors (Lipinski definition) is 0. The van der Waals surface area contributed by atoms with Crippen LogP contribution in [0.25, 0.3) is 0 Å². The van der Waals surface area contributed by atoms with Gasteiger partial charge >= 0.3 is 0 Å². The fraction of sp³-hybridized carbons (Fsp3) is 0.350. The summed E-state index contributed by atoms with van der Waals surface area (Å²) in [5, 5.41) is 0. The van der Waals surface area contributed by atoms with E-state index in [0.717, 1.165) is 19.3 Å². The van der Waals surface area contributed by atoms with Crippen LogP contribution in [0.1, 0.15) is 41.6 Å². The second-order valence-corrected chi connectivity index (χ2v) is 6.18. The van der Waals surface area contributed by atoms with Crippen molar-refractivity contribution in [3.8, 4) is 0 Å². The van der Waals surface area contributed by atoms with Gasteiger partial charge in [-0.15, -0.1) is 0 Å². The van der Waals surface area contributed by atoms with Crippen molar-refractivity contribution in [2.75, 3.05) is 6.54 Å². The minimum Gasteiger partial charge on any atom is -0.335 e. The van der Waals surface area contributed by atoms with Crippen molar-refractivity contribution < 1.29 is 9.18 Å². The summed E-state index contributed by atoms with van der Waals surface area (Å²) in [7, 11) is 0. The van der Waals surface area contributed by atoms with Crippen LogP contribution < -0.4 is 0 Å². The molecule has 0 spiro atoms. The third kappa shape index (κ3) is 3.98. The average molecular weight is 311 g/mol. The van der Waals surface area contributed by atoms with E-state index in [4.69, 9.17) is 0 Å². The molecule has 0 aliphatic heterocycles. The standard InChI is InChI=1S/C20H22FNO/c21-18-12-10-17(11-13-18)20(23)22(19-8-4-5-9-19)15-14-16-6-2-1-3-7-16/h1-3,6-7,10-13,19H,4-5,8-9,14-15H2.